The molecule has 3 nitrogen and oxygen atoms in total. The van der Waals surface area contributed by atoms with Crippen LogP contribution in [-0.2, 0) is 6.54 Å². The summed E-state index contributed by atoms with van der Waals surface area (Å²) in [6.07, 6.45) is 2.31. The van der Waals surface area contributed by atoms with Gasteiger partial charge in [0.1, 0.15) is 0 Å². The van der Waals surface area contributed by atoms with Crippen molar-refractivity contribution in [2.75, 3.05) is 6.54 Å². The molecule has 0 aliphatic rings. The van der Waals surface area contributed by atoms with E-state index in [1.165, 1.54) is 6.42 Å². The fourth-order valence-corrected chi connectivity index (χ4v) is 3.14. The highest BCUT2D eigenvalue weighted by Gasteiger charge is 2.13. The van der Waals surface area contributed by atoms with Gasteiger partial charge in [0.25, 0.3) is 5.56 Å². The molecule has 0 atom stereocenters. The third-order valence-electron chi connectivity index (χ3n) is 3.51. The Labute approximate surface area is 130 Å². The first-order valence-electron chi connectivity index (χ1n) is 7.64. The second-order valence-corrected chi connectivity index (χ2v) is 6.47. The molecule has 0 aliphatic carbocycles. The Bertz CT molecular complexity index is 614. The molecule has 0 fully saturated rings. The molecule has 2 heterocycles. The summed E-state index contributed by atoms with van der Waals surface area (Å²) in [6.45, 7) is 7.91. The van der Waals surface area contributed by atoms with Crippen LogP contribution in [0.3, 0.4) is 0 Å². The number of nitrogens with zero attached hydrogens (tertiary/aromatic N) is 1. The zero-order chi connectivity index (χ0) is 15.2. The molecule has 0 saturated heterocycles. The maximum absolute atomic E-state index is 12.7. The van der Waals surface area contributed by atoms with Gasteiger partial charge >= 0.3 is 0 Å². The largest absolute Gasteiger partial charge is 0.312 e. The average Bonchev–Trinajstić information content (AvgIpc) is 2.98. The van der Waals surface area contributed by atoms with E-state index >= 15 is 0 Å². The lowest BCUT2D eigenvalue weighted by Gasteiger charge is -2.17. The Morgan fingerprint density at radius 1 is 1.29 bits per heavy atom. The van der Waals surface area contributed by atoms with Crippen molar-refractivity contribution in [2.24, 2.45) is 0 Å². The number of thiophene rings is 1. The van der Waals surface area contributed by atoms with Crippen molar-refractivity contribution in [3.63, 3.8) is 0 Å². The van der Waals surface area contributed by atoms with Crippen LogP contribution < -0.4 is 10.9 Å². The third-order valence-corrected chi connectivity index (χ3v) is 4.40. The number of nitrogens with one attached hydrogen (secondary N) is 1. The maximum atomic E-state index is 12.7. The van der Waals surface area contributed by atoms with Crippen LogP contribution in [0.2, 0.25) is 0 Å². The molecule has 0 bridgehead atoms. The average molecular weight is 304 g/mol. The lowest BCUT2D eigenvalue weighted by molar-refractivity contribution is 0.571. The van der Waals surface area contributed by atoms with Crippen molar-refractivity contribution in [1.29, 1.82) is 0 Å². The zero-order valence-electron chi connectivity index (χ0n) is 13.1. The summed E-state index contributed by atoms with van der Waals surface area (Å²) >= 11 is 1.67. The number of rotatable bonds is 7. The van der Waals surface area contributed by atoms with Crippen LogP contribution in [0.5, 0.6) is 0 Å². The first kappa shape index (κ1) is 16.0. The Morgan fingerprint density at radius 3 is 2.71 bits per heavy atom. The van der Waals surface area contributed by atoms with Crippen LogP contribution in [0.15, 0.2) is 34.4 Å². The Morgan fingerprint density at radius 2 is 2.10 bits per heavy atom. The molecule has 0 radical (unpaired) electrons. The molecular weight excluding hydrogens is 280 g/mol. The van der Waals surface area contributed by atoms with Crippen LogP contribution in [0.4, 0.5) is 0 Å². The molecule has 1 N–H and O–H groups in total. The van der Waals surface area contributed by atoms with Crippen molar-refractivity contribution in [1.82, 2.24) is 9.88 Å². The van der Waals surface area contributed by atoms with Crippen molar-refractivity contribution in [2.45, 2.75) is 46.2 Å². The lowest BCUT2D eigenvalue weighted by Crippen LogP contribution is -2.29. The minimum Gasteiger partial charge on any atom is -0.312 e. The van der Waals surface area contributed by atoms with Gasteiger partial charge in [-0.1, -0.05) is 25.5 Å². The van der Waals surface area contributed by atoms with Gasteiger partial charge in [0.2, 0.25) is 0 Å². The van der Waals surface area contributed by atoms with E-state index < -0.39 is 0 Å². The Balaban J connectivity index is 2.30. The van der Waals surface area contributed by atoms with Gasteiger partial charge in [-0.25, -0.2) is 0 Å². The van der Waals surface area contributed by atoms with Crippen LogP contribution in [0, 0.1) is 0 Å². The van der Waals surface area contributed by atoms with Crippen LogP contribution in [-0.4, -0.2) is 11.1 Å². The number of pyridine rings is 1. The van der Waals surface area contributed by atoms with E-state index in [4.69, 9.17) is 0 Å². The van der Waals surface area contributed by atoms with E-state index in [2.05, 4.69) is 38.2 Å². The van der Waals surface area contributed by atoms with Gasteiger partial charge in [-0.3, -0.25) is 4.79 Å². The predicted molar refractivity (Wildman–Crippen MR) is 91.0 cm³/mol. The summed E-state index contributed by atoms with van der Waals surface area (Å²) in [4.78, 5) is 13.9. The first-order chi connectivity index (χ1) is 10.1. The molecular formula is C17H24N2OS. The molecule has 0 saturated carbocycles. The number of aromatic nitrogens is 1. The van der Waals surface area contributed by atoms with Crippen molar-refractivity contribution < 1.29 is 0 Å². The Hall–Kier alpha value is -1.39. The van der Waals surface area contributed by atoms with E-state index in [0.717, 1.165) is 29.1 Å². The first-order valence-corrected chi connectivity index (χ1v) is 8.52. The van der Waals surface area contributed by atoms with E-state index in [-0.39, 0.29) is 11.6 Å². The SMILES string of the molecule is CCCCNCc1ccc(-c2cccs2)n(C(C)C)c1=O. The summed E-state index contributed by atoms with van der Waals surface area (Å²) in [5.74, 6) is 0. The van der Waals surface area contributed by atoms with Gasteiger partial charge in [0.05, 0.1) is 10.6 Å². The highest BCUT2D eigenvalue weighted by molar-refractivity contribution is 7.13. The fraction of sp³-hybridized carbons (Fsp3) is 0.471. The molecule has 21 heavy (non-hydrogen) atoms. The summed E-state index contributed by atoms with van der Waals surface area (Å²) in [7, 11) is 0. The fourth-order valence-electron chi connectivity index (χ4n) is 2.39. The maximum Gasteiger partial charge on any atom is 0.255 e. The van der Waals surface area contributed by atoms with Gasteiger partial charge in [-0.05, 0) is 44.3 Å². The van der Waals surface area contributed by atoms with Gasteiger partial charge in [0, 0.05) is 18.2 Å². The molecule has 114 valence electrons. The summed E-state index contributed by atoms with van der Waals surface area (Å²) in [5, 5.41) is 5.40. The van der Waals surface area contributed by atoms with E-state index in [1.54, 1.807) is 11.3 Å². The minimum atomic E-state index is 0.125. The highest BCUT2D eigenvalue weighted by Crippen LogP contribution is 2.25. The molecule has 2 rings (SSSR count). The second-order valence-electron chi connectivity index (χ2n) is 5.52. The van der Waals surface area contributed by atoms with Gasteiger partial charge < -0.3 is 9.88 Å². The van der Waals surface area contributed by atoms with Gasteiger partial charge in [-0.2, -0.15) is 0 Å². The zero-order valence-corrected chi connectivity index (χ0v) is 13.9. The van der Waals surface area contributed by atoms with E-state index in [1.807, 2.05) is 22.1 Å². The van der Waals surface area contributed by atoms with E-state index in [0.29, 0.717) is 6.54 Å². The number of unbranched alkanes of at least 4 members (excludes halogenated alkanes) is 1. The van der Waals surface area contributed by atoms with Crippen molar-refractivity contribution >= 4 is 11.3 Å². The van der Waals surface area contributed by atoms with Crippen molar-refractivity contribution in [3.05, 3.63) is 45.6 Å². The smallest absolute Gasteiger partial charge is 0.255 e. The molecule has 4 heteroatoms. The monoisotopic (exact) mass is 304 g/mol. The molecule has 0 spiro atoms. The summed E-state index contributed by atoms with van der Waals surface area (Å²) in [6, 6.07) is 8.29. The highest BCUT2D eigenvalue weighted by atomic mass is 32.1. The molecule has 2 aromatic rings. The van der Waals surface area contributed by atoms with E-state index in [9.17, 15) is 4.79 Å². The summed E-state index contributed by atoms with van der Waals surface area (Å²) < 4.78 is 1.91. The molecule has 0 aromatic carbocycles. The normalized spacial score (nSPS) is 11.2. The predicted octanol–water partition coefficient (Wildman–Crippen LogP) is 4.05. The lowest BCUT2D eigenvalue weighted by atomic mass is 10.2. The van der Waals surface area contributed by atoms with Crippen LogP contribution >= 0.6 is 11.3 Å². The number of hydrogen-bond acceptors (Lipinski definition) is 3. The van der Waals surface area contributed by atoms with Gasteiger partial charge in [0.15, 0.2) is 0 Å². The van der Waals surface area contributed by atoms with Crippen molar-refractivity contribution in [3.8, 4) is 10.6 Å². The standard InChI is InChI=1S/C17H24N2OS/c1-4-5-10-18-12-14-8-9-15(16-7-6-11-21-16)19(13(2)3)17(14)20/h6-9,11,13,18H,4-5,10,12H2,1-3H3. The minimum absolute atomic E-state index is 0.125. The summed E-state index contributed by atoms with van der Waals surface area (Å²) in [5.41, 5.74) is 1.99. The molecule has 0 amide bonds. The quantitative estimate of drug-likeness (QED) is 0.783. The molecule has 0 aliphatic heterocycles. The number of hydrogen-bond donors (Lipinski definition) is 1. The van der Waals surface area contributed by atoms with Crippen LogP contribution in [0.25, 0.3) is 10.6 Å². The molecule has 2 aromatic heterocycles. The van der Waals surface area contributed by atoms with Gasteiger partial charge in [-0.15, -0.1) is 11.3 Å². The third kappa shape index (κ3) is 3.83. The molecule has 0 unspecified atom stereocenters. The topological polar surface area (TPSA) is 34.0 Å². The van der Waals surface area contributed by atoms with Crippen LogP contribution in [0.1, 0.15) is 45.2 Å². The Kier molecular flexibility index (Phi) is 5.76. The second kappa shape index (κ2) is 7.57.